The van der Waals surface area contributed by atoms with E-state index in [-0.39, 0.29) is 24.1 Å². The number of hydrazine groups is 1. The number of aromatic nitrogens is 1. The molecule has 3 N–H and O–H groups in total. The van der Waals surface area contributed by atoms with Crippen LogP contribution >= 0.6 is 11.3 Å². The van der Waals surface area contributed by atoms with Gasteiger partial charge in [-0.1, -0.05) is 0 Å². The fourth-order valence-electron chi connectivity index (χ4n) is 2.03. The first-order valence-electron chi connectivity index (χ1n) is 7.17. The third-order valence-corrected chi connectivity index (χ3v) is 4.06. The Labute approximate surface area is 138 Å². The number of amides is 3. The second-order valence-electron chi connectivity index (χ2n) is 5.30. The van der Waals surface area contributed by atoms with E-state index >= 15 is 0 Å². The second-order valence-corrected chi connectivity index (χ2v) is 6.16. The van der Waals surface area contributed by atoms with Crippen LogP contribution in [0.15, 0.2) is 5.38 Å². The first-order valence-corrected chi connectivity index (χ1v) is 8.05. The molecule has 3 amide bonds. The Hall–Kier alpha value is -2.04. The van der Waals surface area contributed by atoms with Crippen molar-refractivity contribution in [3.8, 4) is 0 Å². The van der Waals surface area contributed by atoms with Crippen molar-refractivity contribution in [3.05, 3.63) is 11.1 Å². The van der Waals surface area contributed by atoms with Crippen molar-refractivity contribution >= 4 is 34.2 Å². The molecule has 0 saturated carbocycles. The number of piperazine rings is 1. The molecule has 0 radical (unpaired) electrons. The number of hydrogen-bond acceptors (Lipinski definition) is 7. The van der Waals surface area contributed by atoms with Gasteiger partial charge in [-0.05, 0) is 7.05 Å². The molecule has 9 nitrogen and oxygen atoms in total. The van der Waals surface area contributed by atoms with Gasteiger partial charge >= 0.3 is 0 Å². The molecule has 0 spiro atoms. The van der Waals surface area contributed by atoms with Crippen molar-refractivity contribution in [3.63, 3.8) is 0 Å². The molecular formula is C13H20N6O3S. The number of thiazole rings is 1. The topological polar surface area (TPSA) is 107 Å². The summed E-state index contributed by atoms with van der Waals surface area (Å²) < 4.78 is 0. The lowest BCUT2D eigenvalue weighted by molar-refractivity contribution is -0.123. The molecule has 0 aromatic carbocycles. The maximum Gasteiger partial charge on any atom is 0.289 e. The lowest BCUT2D eigenvalue weighted by atomic mass is 10.3. The Morgan fingerprint density at radius 2 is 1.91 bits per heavy atom. The number of anilines is 1. The molecule has 0 atom stereocenters. The first kappa shape index (κ1) is 17.3. The zero-order valence-corrected chi connectivity index (χ0v) is 13.9. The Bertz CT molecular complexity index is 582. The molecule has 1 saturated heterocycles. The van der Waals surface area contributed by atoms with E-state index in [4.69, 9.17) is 0 Å². The highest BCUT2D eigenvalue weighted by Crippen LogP contribution is 2.14. The monoisotopic (exact) mass is 340 g/mol. The van der Waals surface area contributed by atoms with Crippen LogP contribution in [0.4, 0.5) is 5.13 Å². The van der Waals surface area contributed by atoms with Gasteiger partial charge in [-0.15, -0.1) is 11.3 Å². The number of likely N-dealkylation sites (N-methyl/N-ethyl adjacent to an activating group) is 1. The second kappa shape index (κ2) is 7.99. The van der Waals surface area contributed by atoms with Gasteiger partial charge in [0.15, 0.2) is 5.13 Å². The van der Waals surface area contributed by atoms with E-state index in [9.17, 15) is 14.4 Å². The van der Waals surface area contributed by atoms with E-state index in [1.807, 2.05) is 11.9 Å². The number of nitrogens with one attached hydrogen (secondary N) is 3. The summed E-state index contributed by atoms with van der Waals surface area (Å²) >= 11 is 1.14. The van der Waals surface area contributed by atoms with Crippen LogP contribution in [0.5, 0.6) is 0 Å². The molecule has 23 heavy (non-hydrogen) atoms. The van der Waals surface area contributed by atoms with Crippen LogP contribution in [-0.4, -0.2) is 72.3 Å². The van der Waals surface area contributed by atoms with Crippen molar-refractivity contribution in [2.24, 2.45) is 0 Å². The highest BCUT2D eigenvalue weighted by atomic mass is 32.1. The Morgan fingerprint density at radius 1 is 1.22 bits per heavy atom. The SMILES string of the molecule is CC(=O)Nc1nc(C(=O)NNC(=O)CN2CCN(C)CC2)cs1. The van der Waals surface area contributed by atoms with Crippen LogP contribution in [0.2, 0.25) is 0 Å². The molecule has 126 valence electrons. The standard InChI is InChI=1S/C13H20N6O3S/c1-9(20)14-13-15-10(8-23-13)12(22)17-16-11(21)7-19-5-3-18(2)4-6-19/h8H,3-7H2,1-2H3,(H,16,21)(H,17,22)(H,14,15,20). The van der Waals surface area contributed by atoms with Crippen LogP contribution in [0, 0.1) is 0 Å². The Morgan fingerprint density at radius 3 is 2.57 bits per heavy atom. The normalized spacial score (nSPS) is 15.9. The fourth-order valence-corrected chi connectivity index (χ4v) is 2.76. The molecule has 1 aliphatic rings. The van der Waals surface area contributed by atoms with Gasteiger partial charge in [-0.25, -0.2) is 4.98 Å². The summed E-state index contributed by atoms with van der Waals surface area (Å²) in [5, 5.41) is 4.34. The summed E-state index contributed by atoms with van der Waals surface area (Å²) in [4.78, 5) is 42.8. The number of carbonyl (C=O) groups is 3. The largest absolute Gasteiger partial charge is 0.304 e. The molecular weight excluding hydrogens is 320 g/mol. The smallest absolute Gasteiger partial charge is 0.289 e. The summed E-state index contributed by atoms with van der Waals surface area (Å²) in [7, 11) is 2.04. The van der Waals surface area contributed by atoms with Crippen molar-refractivity contribution in [2.45, 2.75) is 6.92 Å². The van der Waals surface area contributed by atoms with Crippen LogP contribution in [0.3, 0.4) is 0 Å². The zero-order valence-electron chi connectivity index (χ0n) is 13.1. The Balaban J connectivity index is 1.74. The maximum absolute atomic E-state index is 11.9. The fraction of sp³-hybridized carbons (Fsp3) is 0.538. The van der Waals surface area contributed by atoms with Gasteiger partial charge in [0, 0.05) is 38.5 Å². The molecule has 1 aromatic rings. The maximum atomic E-state index is 11.9. The zero-order chi connectivity index (χ0) is 16.8. The minimum absolute atomic E-state index is 0.138. The van der Waals surface area contributed by atoms with Crippen LogP contribution in [0.1, 0.15) is 17.4 Å². The summed E-state index contributed by atoms with van der Waals surface area (Å²) in [6, 6.07) is 0. The molecule has 1 aliphatic heterocycles. The molecule has 0 unspecified atom stereocenters. The van der Waals surface area contributed by atoms with Crippen molar-refractivity contribution < 1.29 is 14.4 Å². The predicted octanol–water partition coefficient (Wildman–Crippen LogP) is -0.890. The van der Waals surface area contributed by atoms with Gasteiger partial charge in [-0.2, -0.15) is 0 Å². The van der Waals surface area contributed by atoms with E-state index in [2.05, 4.69) is 26.1 Å². The summed E-state index contributed by atoms with van der Waals surface area (Å²) in [6.45, 7) is 5.09. The average molecular weight is 340 g/mol. The first-order chi connectivity index (χ1) is 10.9. The minimum Gasteiger partial charge on any atom is -0.304 e. The van der Waals surface area contributed by atoms with Gasteiger partial charge in [0.05, 0.1) is 6.54 Å². The van der Waals surface area contributed by atoms with E-state index < -0.39 is 5.91 Å². The lowest BCUT2D eigenvalue weighted by Crippen LogP contribution is -2.51. The third-order valence-electron chi connectivity index (χ3n) is 3.30. The third kappa shape index (κ3) is 5.58. The van der Waals surface area contributed by atoms with Gasteiger partial charge < -0.3 is 10.2 Å². The van der Waals surface area contributed by atoms with Crippen molar-refractivity contribution in [2.75, 3.05) is 45.1 Å². The predicted molar refractivity (Wildman–Crippen MR) is 86.0 cm³/mol. The van der Waals surface area contributed by atoms with E-state index in [0.717, 1.165) is 37.5 Å². The molecule has 10 heteroatoms. The number of rotatable bonds is 4. The van der Waals surface area contributed by atoms with Gasteiger partial charge in [0.2, 0.25) is 5.91 Å². The molecule has 1 aromatic heterocycles. The lowest BCUT2D eigenvalue weighted by Gasteiger charge is -2.31. The van der Waals surface area contributed by atoms with Crippen LogP contribution in [-0.2, 0) is 9.59 Å². The van der Waals surface area contributed by atoms with Gasteiger partial charge in [0.1, 0.15) is 5.69 Å². The summed E-state index contributed by atoms with van der Waals surface area (Å²) in [6.07, 6.45) is 0. The Kier molecular flexibility index (Phi) is 6.02. The number of nitrogens with zero attached hydrogens (tertiary/aromatic N) is 3. The highest BCUT2D eigenvalue weighted by molar-refractivity contribution is 7.14. The average Bonchev–Trinajstić information content (AvgIpc) is 2.95. The molecule has 0 aliphatic carbocycles. The van der Waals surface area contributed by atoms with E-state index in [1.165, 1.54) is 12.3 Å². The molecule has 2 heterocycles. The van der Waals surface area contributed by atoms with Gasteiger partial charge in [-0.3, -0.25) is 30.1 Å². The quantitative estimate of drug-likeness (QED) is 0.614. The molecule has 0 bridgehead atoms. The van der Waals surface area contributed by atoms with Gasteiger partial charge in [0.25, 0.3) is 11.8 Å². The van der Waals surface area contributed by atoms with Crippen LogP contribution < -0.4 is 16.2 Å². The molecule has 1 fully saturated rings. The van der Waals surface area contributed by atoms with Crippen molar-refractivity contribution in [1.29, 1.82) is 0 Å². The highest BCUT2D eigenvalue weighted by Gasteiger charge is 2.17. The number of carbonyl (C=O) groups excluding carboxylic acids is 3. The van der Waals surface area contributed by atoms with E-state index in [0.29, 0.717) is 5.13 Å². The molecule has 2 rings (SSSR count). The summed E-state index contributed by atoms with van der Waals surface area (Å²) in [5.41, 5.74) is 4.83. The van der Waals surface area contributed by atoms with Crippen molar-refractivity contribution in [1.82, 2.24) is 25.6 Å². The summed E-state index contributed by atoms with van der Waals surface area (Å²) in [5.74, 6) is -1.06. The van der Waals surface area contributed by atoms with Crippen LogP contribution in [0.25, 0.3) is 0 Å². The minimum atomic E-state index is -0.524. The van der Waals surface area contributed by atoms with E-state index in [1.54, 1.807) is 0 Å². The number of hydrogen-bond donors (Lipinski definition) is 3.